The van der Waals surface area contributed by atoms with E-state index in [1.54, 1.807) is 0 Å². The monoisotopic (exact) mass is 276 g/mol. The summed E-state index contributed by atoms with van der Waals surface area (Å²) < 4.78 is 0. The van der Waals surface area contributed by atoms with Crippen LogP contribution in [0.3, 0.4) is 0 Å². The number of benzene rings is 2. The predicted octanol–water partition coefficient (Wildman–Crippen LogP) is 5.27. The van der Waals surface area contributed by atoms with Crippen LogP contribution in [0.5, 0.6) is 0 Å². The summed E-state index contributed by atoms with van der Waals surface area (Å²) in [6.07, 6.45) is 3.41. The van der Waals surface area contributed by atoms with Crippen molar-refractivity contribution >= 4 is 23.2 Å². The molecule has 1 unspecified atom stereocenters. The third kappa shape index (κ3) is 2.41. The molecule has 1 aliphatic rings. The Morgan fingerprint density at radius 3 is 2.33 bits per heavy atom. The molecule has 0 aliphatic heterocycles. The molecule has 0 fully saturated rings. The Morgan fingerprint density at radius 1 is 0.833 bits per heavy atom. The fraction of sp³-hybridized carbons (Fsp3) is 0.250. The molecular formula is C16H14Cl2. The van der Waals surface area contributed by atoms with Crippen molar-refractivity contribution < 1.29 is 0 Å². The van der Waals surface area contributed by atoms with Gasteiger partial charge in [-0.05, 0) is 66.1 Å². The highest BCUT2D eigenvalue weighted by atomic mass is 35.5. The van der Waals surface area contributed by atoms with Crippen molar-refractivity contribution in [2.75, 3.05) is 0 Å². The van der Waals surface area contributed by atoms with Crippen LogP contribution in [-0.4, -0.2) is 0 Å². The third-order valence-corrected chi connectivity index (χ3v) is 4.23. The maximum absolute atomic E-state index is 6.03. The van der Waals surface area contributed by atoms with Gasteiger partial charge in [0.2, 0.25) is 0 Å². The molecule has 0 aromatic heterocycles. The Morgan fingerprint density at radius 2 is 1.56 bits per heavy atom. The van der Waals surface area contributed by atoms with Gasteiger partial charge in [0.1, 0.15) is 0 Å². The Bertz CT molecular complexity index is 558. The van der Waals surface area contributed by atoms with Crippen molar-refractivity contribution in [2.45, 2.75) is 25.2 Å². The third-order valence-electron chi connectivity index (χ3n) is 3.74. The van der Waals surface area contributed by atoms with Crippen LogP contribution < -0.4 is 0 Å². The van der Waals surface area contributed by atoms with E-state index in [1.165, 1.54) is 23.1 Å². The number of hydrogen-bond acceptors (Lipinski definition) is 0. The van der Waals surface area contributed by atoms with E-state index in [9.17, 15) is 0 Å². The summed E-state index contributed by atoms with van der Waals surface area (Å²) in [5.74, 6) is 0.607. The number of hydrogen-bond donors (Lipinski definition) is 0. The Labute approximate surface area is 118 Å². The van der Waals surface area contributed by atoms with Gasteiger partial charge >= 0.3 is 0 Å². The summed E-state index contributed by atoms with van der Waals surface area (Å²) in [5, 5.41) is 1.65. The lowest BCUT2D eigenvalue weighted by Gasteiger charge is -2.25. The van der Waals surface area contributed by atoms with Crippen molar-refractivity contribution in [3.63, 3.8) is 0 Å². The van der Waals surface area contributed by atoms with Gasteiger partial charge in [0.05, 0.1) is 0 Å². The van der Waals surface area contributed by atoms with Crippen molar-refractivity contribution in [1.82, 2.24) is 0 Å². The predicted molar refractivity (Wildman–Crippen MR) is 77.7 cm³/mol. The number of rotatable bonds is 1. The van der Waals surface area contributed by atoms with Gasteiger partial charge < -0.3 is 0 Å². The van der Waals surface area contributed by atoms with Gasteiger partial charge in [-0.1, -0.05) is 41.4 Å². The maximum Gasteiger partial charge on any atom is 0.0408 e. The van der Waals surface area contributed by atoms with Crippen LogP contribution in [-0.2, 0) is 12.8 Å². The molecule has 2 aromatic carbocycles. The Hall–Kier alpha value is -0.980. The zero-order chi connectivity index (χ0) is 12.5. The lowest BCUT2D eigenvalue weighted by molar-refractivity contribution is 0.585. The summed E-state index contributed by atoms with van der Waals surface area (Å²) in [5.41, 5.74) is 4.23. The zero-order valence-corrected chi connectivity index (χ0v) is 11.5. The number of halogens is 2. The molecular weight excluding hydrogens is 263 g/mol. The van der Waals surface area contributed by atoms with Crippen molar-refractivity contribution in [1.29, 1.82) is 0 Å². The molecule has 0 saturated heterocycles. The smallest absolute Gasteiger partial charge is 0.0408 e. The topological polar surface area (TPSA) is 0 Å². The van der Waals surface area contributed by atoms with Crippen LogP contribution in [0.15, 0.2) is 42.5 Å². The number of aryl methyl sites for hydroxylation is 1. The molecule has 0 radical (unpaired) electrons. The molecule has 0 N–H and O–H groups in total. The molecule has 3 rings (SSSR count). The molecule has 1 atom stereocenters. The fourth-order valence-corrected chi connectivity index (χ4v) is 3.06. The van der Waals surface area contributed by atoms with Crippen LogP contribution in [0.1, 0.15) is 29.0 Å². The summed E-state index contributed by atoms with van der Waals surface area (Å²) >= 11 is 12.0. The number of fused-ring (bicyclic) bond motifs is 1. The SMILES string of the molecule is Clc1ccc(C2CCc3cc(Cl)ccc3C2)cc1. The fourth-order valence-electron chi connectivity index (χ4n) is 2.74. The van der Waals surface area contributed by atoms with E-state index in [0.717, 1.165) is 22.9 Å². The van der Waals surface area contributed by atoms with Gasteiger partial charge in [0, 0.05) is 10.0 Å². The van der Waals surface area contributed by atoms with Crippen LogP contribution in [0, 0.1) is 0 Å². The van der Waals surface area contributed by atoms with Crippen LogP contribution in [0.2, 0.25) is 10.0 Å². The molecule has 2 aromatic rings. The van der Waals surface area contributed by atoms with Crippen molar-refractivity contribution in [3.8, 4) is 0 Å². The first kappa shape index (κ1) is 12.1. The molecule has 0 bridgehead atoms. The van der Waals surface area contributed by atoms with Gasteiger partial charge in [-0.2, -0.15) is 0 Å². The molecule has 0 saturated carbocycles. The van der Waals surface area contributed by atoms with E-state index in [4.69, 9.17) is 23.2 Å². The van der Waals surface area contributed by atoms with Crippen LogP contribution >= 0.6 is 23.2 Å². The average molecular weight is 277 g/mol. The van der Waals surface area contributed by atoms with Gasteiger partial charge in [0.25, 0.3) is 0 Å². The van der Waals surface area contributed by atoms with Gasteiger partial charge in [-0.15, -0.1) is 0 Å². The molecule has 0 spiro atoms. The summed E-state index contributed by atoms with van der Waals surface area (Å²) in [6, 6.07) is 14.5. The highest BCUT2D eigenvalue weighted by Crippen LogP contribution is 2.34. The van der Waals surface area contributed by atoms with E-state index in [0.29, 0.717) is 5.92 Å². The van der Waals surface area contributed by atoms with Crippen LogP contribution in [0.4, 0.5) is 0 Å². The second kappa shape index (κ2) is 4.95. The first-order chi connectivity index (χ1) is 8.72. The van der Waals surface area contributed by atoms with E-state index < -0.39 is 0 Å². The first-order valence-corrected chi connectivity index (χ1v) is 7.01. The minimum absolute atomic E-state index is 0.607. The standard InChI is InChI=1S/C16H14Cl2/c17-15-6-3-11(4-7-15)12-1-2-14-10-16(18)8-5-13(14)9-12/h3-8,10,12H,1-2,9H2. The molecule has 0 nitrogen and oxygen atoms in total. The molecule has 92 valence electrons. The van der Waals surface area contributed by atoms with Crippen molar-refractivity contribution in [3.05, 3.63) is 69.2 Å². The molecule has 0 heterocycles. The van der Waals surface area contributed by atoms with E-state index >= 15 is 0 Å². The Balaban J connectivity index is 1.86. The largest absolute Gasteiger partial charge is 0.0843 e. The summed E-state index contributed by atoms with van der Waals surface area (Å²) in [7, 11) is 0. The normalized spacial score (nSPS) is 18.4. The maximum atomic E-state index is 6.03. The minimum atomic E-state index is 0.607. The first-order valence-electron chi connectivity index (χ1n) is 6.25. The minimum Gasteiger partial charge on any atom is -0.0843 e. The highest BCUT2D eigenvalue weighted by Gasteiger charge is 2.20. The van der Waals surface area contributed by atoms with E-state index in [1.807, 2.05) is 18.2 Å². The van der Waals surface area contributed by atoms with Gasteiger partial charge in [0.15, 0.2) is 0 Å². The molecule has 2 heteroatoms. The van der Waals surface area contributed by atoms with E-state index in [2.05, 4.69) is 24.3 Å². The van der Waals surface area contributed by atoms with Crippen molar-refractivity contribution in [2.24, 2.45) is 0 Å². The Kier molecular flexibility index (Phi) is 3.32. The lowest BCUT2D eigenvalue weighted by atomic mass is 9.80. The van der Waals surface area contributed by atoms with Crippen LogP contribution in [0.25, 0.3) is 0 Å². The van der Waals surface area contributed by atoms with Gasteiger partial charge in [-0.25, -0.2) is 0 Å². The molecule has 0 amide bonds. The second-order valence-electron chi connectivity index (χ2n) is 4.90. The second-order valence-corrected chi connectivity index (χ2v) is 5.78. The average Bonchev–Trinajstić information content (AvgIpc) is 2.39. The quantitative estimate of drug-likeness (QED) is 0.666. The molecule has 1 aliphatic carbocycles. The summed E-state index contributed by atoms with van der Waals surface area (Å²) in [4.78, 5) is 0. The van der Waals surface area contributed by atoms with Gasteiger partial charge in [-0.3, -0.25) is 0 Å². The summed E-state index contributed by atoms with van der Waals surface area (Å²) in [6.45, 7) is 0. The highest BCUT2D eigenvalue weighted by molar-refractivity contribution is 6.30. The lowest BCUT2D eigenvalue weighted by Crippen LogP contribution is -2.12. The molecule has 18 heavy (non-hydrogen) atoms. The van der Waals surface area contributed by atoms with E-state index in [-0.39, 0.29) is 0 Å². The zero-order valence-electron chi connectivity index (χ0n) is 10.00.